The maximum absolute atomic E-state index is 12.3. The molecule has 0 amide bonds. The van der Waals surface area contributed by atoms with Gasteiger partial charge in [-0.2, -0.15) is 0 Å². The third-order valence-electron chi connectivity index (χ3n) is 7.87. The van der Waals surface area contributed by atoms with E-state index < -0.39 is 5.54 Å². The zero-order valence-electron chi connectivity index (χ0n) is 20.6. The number of esters is 1. The summed E-state index contributed by atoms with van der Waals surface area (Å²) < 4.78 is 11.7. The first kappa shape index (κ1) is 22.2. The topological polar surface area (TPSA) is 112 Å². The zero-order valence-corrected chi connectivity index (χ0v) is 20.6. The molecule has 3 atom stereocenters. The fraction of sp³-hybridized carbons (Fsp3) is 0.481. The molecule has 0 radical (unpaired) electrons. The number of nitrogens with two attached hydrogens (primary N) is 1. The summed E-state index contributed by atoms with van der Waals surface area (Å²) >= 11 is 0. The van der Waals surface area contributed by atoms with Crippen molar-refractivity contribution in [3.63, 3.8) is 0 Å². The van der Waals surface area contributed by atoms with Crippen molar-refractivity contribution in [2.75, 3.05) is 5.32 Å². The van der Waals surface area contributed by atoms with E-state index in [1.807, 2.05) is 26.1 Å². The molecule has 3 N–H and O–H groups in total. The van der Waals surface area contributed by atoms with Gasteiger partial charge < -0.3 is 20.5 Å². The lowest BCUT2D eigenvalue weighted by Crippen LogP contribution is -2.35. The van der Waals surface area contributed by atoms with Crippen molar-refractivity contribution >= 4 is 28.4 Å². The molecule has 3 aromatic heterocycles. The van der Waals surface area contributed by atoms with Crippen LogP contribution < -0.4 is 15.8 Å². The summed E-state index contributed by atoms with van der Waals surface area (Å²) in [5.74, 6) is 1.99. The second kappa shape index (κ2) is 7.62. The standard InChI is InChI=1S/C27H31N5O3/c1-14-15(2)34-25(33)17-7-8-21(32-23(14)17)31-22-11-18-19(12-29-22)24(35-26(3)9-10-26)30-13-20(18)27(4,28)16-5-6-16/h7-8,11-16H,5-6,9-10,28H2,1-4H3,(H,29,31,32)/t14-,15-,27+/m0/s1. The fourth-order valence-corrected chi connectivity index (χ4v) is 4.86. The Labute approximate surface area is 204 Å². The Hall–Kier alpha value is -3.26. The van der Waals surface area contributed by atoms with Crippen LogP contribution in [0.5, 0.6) is 5.88 Å². The maximum atomic E-state index is 12.3. The van der Waals surface area contributed by atoms with Gasteiger partial charge in [-0.05, 0) is 81.5 Å². The van der Waals surface area contributed by atoms with Gasteiger partial charge in [0, 0.05) is 23.9 Å². The summed E-state index contributed by atoms with van der Waals surface area (Å²) in [6.07, 6.45) is 7.75. The minimum absolute atomic E-state index is 0.00618. The number of carbonyl (C=O) groups excluding carboxylic acids is 1. The number of pyridine rings is 3. The molecule has 8 nitrogen and oxygen atoms in total. The van der Waals surface area contributed by atoms with E-state index in [-0.39, 0.29) is 23.6 Å². The summed E-state index contributed by atoms with van der Waals surface area (Å²) in [5, 5.41) is 5.17. The van der Waals surface area contributed by atoms with Crippen LogP contribution in [0.2, 0.25) is 0 Å². The molecular weight excluding hydrogens is 442 g/mol. The van der Waals surface area contributed by atoms with E-state index in [4.69, 9.17) is 20.2 Å². The first-order valence-corrected chi connectivity index (χ1v) is 12.4. The van der Waals surface area contributed by atoms with Gasteiger partial charge in [0.25, 0.3) is 0 Å². The smallest absolute Gasteiger partial charge is 0.340 e. The molecule has 4 heterocycles. The molecule has 2 fully saturated rings. The molecule has 0 spiro atoms. The largest absolute Gasteiger partial charge is 0.471 e. The van der Waals surface area contributed by atoms with Gasteiger partial charge in [0.1, 0.15) is 23.3 Å². The van der Waals surface area contributed by atoms with Gasteiger partial charge in [-0.3, -0.25) is 0 Å². The Morgan fingerprint density at radius 1 is 1.14 bits per heavy atom. The average molecular weight is 474 g/mol. The molecule has 0 saturated heterocycles. The summed E-state index contributed by atoms with van der Waals surface area (Å²) in [6, 6.07) is 5.54. The average Bonchev–Trinajstić information content (AvgIpc) is 3.74. The number of anilines is 2. The summed E-state index contributed by atoms with van der Waals surface area (Å²) in [7, 11) is 0. The monoisotopic (exact) mass is 473 g/mol. The summed E-state index contributed by atoms with van der Waals surface area (Å²) in [4.78, 5) is 26.3. The number of fused-ring (bicyclic) bond motifs is 2. The molecule has 0 unspecified atom stereocenters. The summed E-state index contributed by atoms with van der Waals surface area (Å²) in [6.45, 7) is 8.10. The second-order valence-corrected chi connectivity index (χ2v) is 10.9. The van der Waals surface area contributed by atoms with Gasteiger partial charge in [-0.1, -0.05) is 6.92 Å². The van der Waals surface area contributed by atoms with Crippen LogP contribution in [0, 0.1) is 5.92 Å². The van der Waals surface area contributed by atoms with E-state index in [0.717, 1.165) is 47.7 Å². The highest BCUT2D eigenvalue weighted by atomic mass is 16.5. The van der Waals surface area contributed by atoms with Crippen molar-refractivity contribution in [3.8, 4) is 5.88 Å². The lowest BCUT2D eigenvalue weighted by molar-refractivity contribution is 0.0235. The molecular formula is C27H31N5O3. The van der Waals surface area contributed by atoms with Gasteiger partial charge >= 0.3 is 5.97 Å². The van der Waals surface area contributed by atoms with Crippen LogP contribution in [-0.4, -0.2) is 32.6 Å². The minimum atomic E-state index is -0.484. The molecule has 1 aliphatic heterocycles. The summed E-state index contributed by atoms with van der Waals surface area (Å²) in [5.41, 5.74) is 8.46. The normalized spacial score (nSPS) is 24.3. The van der Waals surface area contributed by atoms with E-state index in [2.05, 4.69) is 29.1 Å². The lowest BCUT2D eigenvalue weighted by Gasteiger charge is -2.28. The van der Waals surface area contributed by atoms with Crippen LogP contribution in [0.4, 0.5) is 11.6 Å². The molecule has 6 rings (SSSR count). The highest BCUT2D eigenvalue weighted by molar-refractivity contribution is 5.93. The number of hydrogen-bond donors (Lipinski definition) is 2. The number of cyclic esters (lactones) is 1. The van der Waals surface area contributed by atoms with Crippen LogP contribution in [0.25, 0.3) is 10.8 Å². The van der Waals surface area contributed by atoms with Crippen LogP contribution in [0.3, 0.4) is 0 Å². The molecule has 0 aromatic carbocycles. The Morgan fingerprint density at radius 3 is 2.63 bits per heavy atom. The predicted molar refractivity (Wildman–Crippen MR) is 133 cm³/mol. The molecule has 3 aliphatic rings. The number of ether oxygens (including phenoxy) is 2. The van der Waals surface area contributed by atoms with Crippen LogP contribution in [-0.2, 0) is 10.3 Å². The maximum Gasteiger partial charge on any atom is 0.340 e. The Kier molecular flexibility index (Phi) is 4.84. The van der Waals surface area contributed by atoms with Crippen LogP contribution in [0.15, 0.2) is 30.6 Å². The number of rotatable bonds is 6. The van der Waals surface area contributed by atoms with Gasteiger partial charge in [-0.25, -0.2) is 19.7 Å². The lowest BCUT2D eigenvalue weighted by atomic mass is 9.86. The molecule has 2 saturated carbocycles. The van der Waals surface area contributed by atoms with Crippen molar-refractivity contribution in [2.24, 2.45) is 11.7 Å². The molecule has 0 bridgehead atoms. The first-order valence-electron chi connectivity index (χ1n) is 12.4. The van der Waals surface area contributed by atoms with E-state index >= 15 is 0 Å². The first-order chi connectivity index (χ1) is 16.6. The SMILES string of the molecule is C[C@@H]1OC(=O)c2ccc(Nc3cc4c([C@](C)(N)C5CC5)cnc(OC5(C)CC5)c4cn3)nc2[C@H]1C. The van der Waals surface area contributed by atoms with Crippen molar-refractivity contribution in [1.29, 1.82) is 0 Å². The number of aromatic nitrogens is 3. The highest BCUT2D eigenvalue weighted by Crippen LogP contribution is 2.47. The molecule has 182 valence electrons. The zero-order chi connectivity index (χ0) is 24.5. The molecule has 35 heavy (non-hydrogen) atoms. The number of nitrogens with zero attached hydrogens (tertiary/aromatic N) is 3. The number of nitrogens with one attached hydrogen (secondary N) is 1. The Balaban J connectivity index is 1.40. The highest BCUT2D eigenvalue weighted by Gasteiger charge is 2.43. The molecule has 3 aromatic rings. The van der Waals surface area contributed by atoms with Crippen LogP contribution >= 0.6 is 0 Å². The molecule has 8 heteroatoms. The fourth-order valence-electron chi connectivity index (χ4n) is 4.86. The van der Waals surface area contributed by atoms with Gasteiger partial charge in [-0.15, -0.1) is 0 Å². The molecule has 2 aliphatic carbocycles. The second-order valence-electron chi connectivity index (χ2n) is 10.9. The van der Waals surface area contributed by atoms with Crippen LogP contribution in [0.1, 0.15) is 80.9 Å². The van der Waals surface area contributed by atoms with Crippen molar-refractivity contribution in [1.82, 2.24) is 15.0 Å². The van der Waals surface area contributed by atoms with Gasteiger partial charge in [0.15, 0.2) is 0 Å². The van der Waals surface area contributed by atoms with E-state index in [9.17, 15) is 4.79 Å². The van der Waals surface area contributed by atoms with E-state index in [1.165, 1.54) is 0 Å². The number of carbonyl (C=O) groups is 1. The van der Waals surface area contributed by atoms with Crippen molar-refractivity contribution < 1.29 is 14.3 Å². The van der Waals surface area contributed by atoms with E-state index in [1.54, 1.807) is 18.3 Å². The third kappa shape index (κ3) is 3.89. The Morgan fingerprint density at radius 2 is 1.91 bits per heavy atom. The predicted octanol–water partition coefficient (Wildman–Crippen LogP) is 4.95. The number of hydrogen-bond acceptors (Lipinski definition) is 8. The minimum Gasteiger partial charge on any atom is -0.471 e. The Bertz CT molecular complexity index is 1350. The van der Waals surface area contributed by atoms with Crippen molar-refractivity contribution in [2.45, 2.75) is 76.5 Å². The quantitative estimate of drug-likeness (QED) is 0.484. The van der Waals surface area contributed by atoms with E-state index in [0.29, 0.717) is 29.0 Å². The van der Waals surface area contributed by atoms with Crippen molar-refractivity contribution in [3.05, 3.63) is 47.4 Å². The van der Waals surface area contributed by atoms with Gasteiger partial charge in [0.05, 0.1) is 16.6 Å². The van der Waals surface area contributed by atoms with Gasteiger partial charge in [0.2, 0.25) is 5.88 Å². The third-order valence-corrected chi connectivity index (χ3v) is 7.87.